The fraction of sp³-hybridized carbons (Fsp3) is 0.533. The molecule has 0 amide bonds. The molecule has 0 aliphatic carbocycles. The van der Waals surface area contributed by atoms with E-state index in [0.29, 0.717) is 23.9 Å². The Morgan fingerprint density at radius 2 is 2.00 bits per heavy atom. The quantitative estimate of drug-likeness (QED) is 0.386. The molecule has 2 unspecified atom stereocenters. The van der Waals surface area contributed by atoms with Crippen molar-refractivity contribution in [3.8, 4) is 0 Å². The molecule has 4 nitrogen and oxygen atoms in total. The Morgan fingerprint density at radius 3 is 2.60 bits per heavy atom. The molecule has 1 heterocycles. The second-order valence-corrected chi connectivity index (χ2v) is 5.97. The predicted molar refractivity (Wildman–Crippen MR) is 77.1 cm³/mol. The summed E-state index contributed by atoms with van der Waals surface area (Å²) in [5.41, 5.74) is 6.80. The van der Waals surface area contributed by atoms with Gasteiger partial charge in [0.1, 0.15) is 5.82 Å². The van der Waals surface area contributed by atoms with E-state index in [9.17, 15) is 4.39 Å². The molecule has 1 aliphatic heterocycles. The highest BCUT2D eigenvalue weighted by Gasteiger charge is 2.22. The number of nitrogens with two attached hydrogens (primary N) is 1. The predicted octanol–water partition coefficient (Wildman–Crippen LogP) is 2.40. The summed E-state index contributed by atoms with van der Waals surface area (Å²) in [5.74, 6) is 0.903. The summed E-state index contributed by atoms with van der Waals surface area (Å²) in [6.45, 7) is 7.24. The number of likely N-dealkylation sites (tertiary alicyclic amines) is 1. The van der Waals surface area contributed by atoms with E-state index >= 15 is 0 Å². The third kappa shape index (κ3) is 3.70. The molecule has 1 aliphatic rings. The van der Waals surface area contributed by atoms with Gasteiger partial charge in [0.05, 0.1) is 0 Å². The largest absolute Gasteiger partial charge is 0.409 e. The molecule has 3 N–H and O–H groups in total. The minimum absolute atomic E-state index is 0.0638. The van der Waals surface area contributed by atoms with Gasteiger partial charge in [0.2, 0.25) is 0 Å². The van der Waals surface area contributed by atoms with Crippen molar-refractivity contribution < 1.29 is 9.60 Å². The van der Waals surface area contributed by atoms with Crippen LogP contribution in [0.3, 0.4) is 0 Å². The summed E-state index contributed by atoms with van der Waals surface area (Å²) in [7, 11) is 0. The summed E-state index contributed by atoms with van der Waals surface area (Å²) in [5, 5.41) is 11.6. The van der Waals surface area contributed by atoms with E-state index in [1.165, 1.54) is 18.6 Å². The lowest BCUT2D eigenvalue weighted by atomic mass is 9.91. The summed E-state index contributed by atoms with van der Waals surface area (Å²) in [6, 6.07) is 4.57. The van der Waals surface area contributed by atoms with Crippen LogP contribution in [-0.4, -0.2) is 29.0 Å². The van der Waals surface area contributed by atoms with Crippen molar-refractivity contribution in [1.29, 1.82) is 0 Å². The Hall–Kier alpha value is -1.62. The van der Waals surface area contributed by atoms with Crippen molar-refractivity contribution in [3.63, 3.8) is 0 Å². The first-order valence-electron chi connectivity index (χ1n) is 6.97. The monoisotopic (exact) mass is 279 g/mol. The lowest BCUT2D eigenvalue weighted by Gasteiger charge is -2.35. The summed E-state index contributed by atoms with van der Waals surface area (Å²) < 4.78 is 13.6. The maximum atomic E-state index is 13.6. The Balaban J connectivity index is 2.14. The van der Waals surface area contributed by atoms with Crippen molar-refractivity contribution >= 4 is 5.84 Å². The number of halogens is 1. The van der Waals surface area contributed by atoms with Crippen molar-refractivity contribution in [2.24, 2.45) is 22.7 Å². The highest BCUT2D eigenvalue weighted by molar-refractivity contribution is 5.97. The van der Waals surface area contributed by atoms with Gasteiger partial charge in [0, 0.05) is 25.2 Å². The van der Waals surface area contributed by atoms with Gasteiger partial charge in [-0.15, -0.1) is 0 Å². The third-order valence-corrected chi connectivity index (χ3v) is 3.71. The number of oxime groups is 1. The summed E-state index contributed by atoms with van der Waals surface area (Å²) in [4.78, 5) is 2.34. The third-order valence-electron chi connectivity index (χ3n) is 3.71. The van der Waals surface area contributed by atoms with Crippen LogP contribution in [0.1, 0.15) is 31.4 Å². The van der Waals surface area contributed by atoms with Crippen LogP contribution in [0.15, 0.2) is 23.4 Å². The van der Waals surface area contributed by atoms with Crippen LogP contribution in [0.4, 0.5) is 4.39 Å². The Kier molecular flexibility index (Phi) is 4.60. The van der Waals surface area contributed by atoms with Gasteiger partial charge in [-0.2, -0.15) is 0 Å². The van der Waals surface area contributed by atoms with E-state index in [4.69, 9.17) is 10.9 Å². The fourth-order valence-electron chi connectivity index (χ4n) is 3.13. The molecule has 0 bridgehead atoms. The van der Waals surface area contributed by atoms with Gasteiger partial charge in [0.25, 0.3) is 0 Å². The lowest BCUT2D eigenvalue weighted by Crippen LogP contribution is -2.38. The maximum absolute atomic E-state index is 13.6. The molecule has 5 heteroatoms. The molecule has 1 saturated heterocycles. The van der Waals surface area contributed by atoms with Crippen LogP contribution in [0.5, 0.6) is 0 Å². The molecule has 2 atom stereocenters. The molecule has 0 spiro atoms. The first-order valence-corrected chi connectivity index (χ1v) is 6.97. The molecule has 0 radical (unpaired) electrons. The number of nitrogens with zero attached hydrogens (tertiary/aromatic N) is 2. The molecular formula is C15H22FN3O. The molecule has 1 aromatic carbocycles. The van der Waals surface area contributed by atoms with Crippen molar-refractivity contribution in [3.05, 3.63) is 35.1 Å². The Labute approximate surface area is 119 Å². The zero-order valence-electron chi connectivity index (χ0n) is 12.0. The van der Waals surface area contributed by atoms with Gasteiger partial charge in [-0.25, -0.2) is 4.39 Å². The number of hydrogen-bond acceptors (Lipinski definition) is 3. The van der Waals surface area contributed by atoms with Crippen molar-refractivity contribution in [1.82, 2.24) is 4.90 Å². The van der Waals surface area contributed by atoms with Crippen LogP contribution < -0.4 is 5.73 Å². The van der Waals surface area contributed by atoms with E-state index in [1.54, 1.807) is 6.07 Å². The number of amidine groups is 1. The minimum atomic E-state index is -0.359. The number of benzene rings is 1. The fourth-order valence-corrected chi connectivity index (χ4v) is 3.13. The molecular weight excluding hydrogens is 257 g/mol. The van der Waals surface area contributed by atoms with Crippen LogP contribution in [0.2, 0.25) is 0 Å². The highest BCUT2D eigenvalue weighted by atomic mass is 19.1. The topological polar surface area (TPSA) is 61.8 Å². The zero-order valence-corrected chi connectivity index (χ0v) is 12.0. The van der Waals surface area contributed by atoms with Gasteiger partial charge in [-0.1, -0.05) is 19.0 Å². The van der Waals surface area contributed by atoms with Crippen LogP contribution in [-0.2, 0) is 6.54 Å². The van der Waals surface area contributed by atoms with Gasteiger partial charge in [0.15, 0.2) is 5.84 Å². The van der Waals surface area contributed by atoms with E-state index in [2.05, 4.69) is 23.9 Å². The molecule has 0 aromatic heterocycles. The van der Waals surface area contributed by atoms with Gasteiger partial charge in [-0.05, 0) is 42.0 Å². The summed E-state index contributed by atoms with van der Waals surface area (Å²) >= 11 is 0. The second-order valence-electron chi connectivity index (χ2n) is 5.97. The normalized spacial score (nSPS) is 24.9. The molecule has 1 fully saturated rings. The Morgan fingerprint density at radius 1 is 1.35 bits per heavy atom. The first kappa shape index (κ1) is 14.8. The molecule has 2 rings (SSSR count). The van der Waals surface area contributed by atoms with Crippen LogP contribution >= 0.6 is 0 Å². The first-order chi connectivity index (χ1) is 9.47. The van der Waals surface area contributed by atoms with E-state index in [0.717, 1.165) is 18.7 Å². The van der Waals surface area contributed by atoms with E-state index in [1.807, 2.05) is 0 Å². The van der Waals surface area contributed by atoms with E-state index in [-0.39, 0.29) is 11.7 Å². The average Bonchev–Trinajstić information content (AvgIpc) is 2.35. The molecule has 110 valence electrons. The van der Waals surface area contributed by atoms with Crippen LogP contribution in [0, 0.1) is 17.7 Å². The molecule has 20 heavy (non-hydrogen) atoms. The maximum Gasteiger partial charge on any atom is 0.170 e. The number of hydrogen-bond donors (Lipinski definition) is 2. The standard InChI is InChI=1S/C15H22FN3O/c1-10-3-11(2)8-19(7-10)9-12-4-13(15(17)18-20)6-14(16)5-12/h4-6,10-11,20H,3,7-9H2,1-2H3,(H2,17,18). The van der Waals surface area contributed by atoms with Crippen molar-refractivity contribution in [2.45, 2.75) is 26.8 Å². The number of rotatable bonds is 3. The van der Waals surface area contributed by atoms with Crippen molar-refractivity contribution in [2.75, 3.05) is 13.1 Å². The average molecular weight is 279 g/mol. The van der Waals surface area contributed by atoms with Crippen LogP contribution in [0.25, 0.3) is 0 Å². The van der Waals surface area contributed by atoms with E-state index < -0.39 is 0 Å². The minimum Gasteiger partial charge on any atom is -0.409 e. The van der Waals surface area contributed by atoms with Gasteiger partial charge >= 0.3 is 0 Å². The summed E-state index contributed by atoms with van der Waals surface area (Å²) in [6.07, 6.45) is 1.25. The highest BCUT2D eigenvalue weighted by Crippen LogP contribution is 2.23. The Bertz CT molecular complexity index is 494. The lowest BCUT2D eigenvalue weighted by molar-refractivity contribution is 0.134. The smallest absolute Gasteiger partial charge is 0.170 e. The molecule has 1 aromatic rings. The zero-order chi connectivity index (χ0) is 14.7. The number of piperidine rings is 1. The SMILES string of the molecule is CC1CC(C)CN(Cc2cc(F)cc(/C(N)=N/O)c2)C1. The van der Waals surface area contributed by atoms with Gasteiger partial charge in [-0.3, -0.25) is 4.90 Å². The second kappa shape index (κ2) is 6.22. The van der Waals surface area contributed by atoms with Gasteiger partial charge < -0.3 is 10.9 Å². The molecule has 0 saturated carbocycles.